The number of hydrogen-bond acceptors (Lipinski definition) is 4. The van der Waals surface area contributed by atoms with Crippen LogP contribution < -0.4 is 15.4 Å². The van der Waals surface area contributed by atoms with Crippen LogP contribution in [0.15, 0.2) is 18.2 Å². The van der Waals surface area contributed by atoms with E-state index in [4.69, 9.17) is 10.1 Å². The Balaban J connectivity index is 1.78. The van der Waals surface area contributed by atoms with Gasteiger partial charge in [-0.15, -0.1) is 0 Å². The van der Waals surface area contributed by atoms with E-state index in [0.29, 0.717) is 29.6 Å². The highest BCUT2D eigenvalue weighted by Crippen LogP contribution is 2.44. The predicted octanol–water partition coefficient (Wildman–Crippen LogP) is 3.31. The monoisotopic (exact) mass is 389 g/mol. The summed E-state index contributed by atoms with van der Waals surface area (Å²) in [6, 6.07) is 5.26. The van der Waals surface area contributed by atoms with Crippen molar-refractivity contribution in [2.24, 2.45) is 5.92 Å². The number of amidine groups is 1. The molecule has 0 spiro atoms. The van der Waals surface area contributed by atoms with Crippen LogP contribution in [0.25, 0.3) is 0 Å². The van der Waals surface area contributed by atoms with E-state index in [0.717, 1.165) is 31.2 Å². The van der Waals surface area contributed by atoms with Crippen molar-refractivity contribution in [2.45, 2.75) is 57.4 Å². The minimum atomic E-state index is -0.959. The lowest BCUT2D eigenvalue weighted by Crippen LogP contribution is -2.57. The first-order valence-electron chi connectivity index (χ1n) is 9.84. The van der Waals surface area contributed by atoms with E-state index in [2.05, 4.69) is 10.6 Å². The first kappa shape index (κ1) is 20.3. The normalized spacial score (nSPS) is 18.1. The summed E-state index contributed by atoms with van der Waals surface area (Å²) in [6.07, 6.45) is 4.88. The van der Waals surface area contributed by atoms with E-state index in [1.807, 2.05) is 6.07 Å². The molecule has 0 heterocycles. The zero-order chi connectivity index (χ0) is 20.3. The van der Waals surface area contributed by atoms with Crippen LogP contribution in [0.5, 0.6) is 5.75 Å². The lowest BCUT2D eigenvalue weighted by Gasteiger charge is -2.31. The number of hydrogen-bond donors (Lipinski definition) is 3. The maximum absolute atomic E-state index is 12.9. The third kappa shape index (κ3) is 5.09. The molecule has 6 nitrogen and oxygen atoms in total. The van der Waals surface area contributed by atoms with E-state index >= 15 is 0 Å². The number of carbonyl (C=O) groups is 2. The Labute approximate surface area is 164 Å². The number of ether oxygens (including phenoxy) is 1. The molecule has 3 rings (SSSR count). The molecule has 2 saturated carbocycles. The highest BCUT2D eigenvalue weighted by Gasteiger charge is 2.39. The van der Waals surface area contributed by atoms with Gasteiger partial charge in [0.2, 0.25) is 5.91 Å². The van der Waals surface area contributed by atoms with E-state index in [-0.39, 0.29) is 24.3 Å². The molecule has 28 heavy (non-hydrogen) atoms. The molecule has 3 N–H and O–H groups in total. The fraction of sp³-hybridized carbons (Fsp3) is 0.571. The maximum Gasteiger partial charge on any atom is 0.252 e. The van der Waals surface area contributed by atoms with Crippen molar-refractivity contribution in [1.29, 1.82) is 5.41 Å². The Morgan fingerprint density at radius 1 is 1.29 bits per heavy atom. The lowest BCUT2D eigenvalue weighted by atomic mass is 9.92. The largest absolute Gasteiger partial charge is 0.491 e. The Morgan fingerprint density at radius 2 is 2.00 bits per heavy atom. The number of nitrogens with one attached hydrogen (secondary N) is 3. The van der Waals surface area contributed by atoms with Crippen LogP contribution in [0.3, 0.4) is 0 Å². The molecule has 0 radical (unpaired) electrons. The van der Waals surface area contributed by atoms with Crippen LogP contribution >= 0.6 is 0 Å². The minimum absolute atomic E-state index is 0.0104. The molecule has 0 aliphatic heterocycles. The molecule has 1 aromatic carbocycles. The van der Waals surface area contributed by atoms with Crippen LogP contribution in [0.1, 0.15) is 67.8 Å². The van der Waals surface area contributed by atoms with Crippen molar-refractivity contribution in [1.82, 2.24) is 10.6 Å². The average Bonchev–Trinajstić information content (AvgIpc) is 3.53. The van der Waals surface area contributed by atoms with E-state index in [9.17, 15) is 14.0 Å². The molecular weight excluding hydrogens is 361 g/mol. The van der Waals surface area contributed by atoms with Crippen molar-refractivity contribution in [3.8, 4) is 5.75 Å². The average molecular weight is 389 g/mol. The highest BCUT2D eigenvalue weighted by atomic mass is 19.1. The maximum atomic E-state index is 12.9. The summed E-state index contributed by atoms with van der Waals surface area (Å²) in [5.41, 5.74) is 0.451. The zero-order valence-electron chi connectivity index (χ0n) is 16.4. The van der Waals surface area contributed by atoms with Gasteiger partial charge in [0.1, 0.15) is 24.9 Å². The summed E-state index contributed by atoms with van der Waals surface area (Å²) in [6.45, 7) is 2.48. The SMILES string of the molecule is CC(=O)NC(=N)[C@@](C)(CC1CC1)NC(=O)c1ccc(C2CC2)c(OCCF)c1. The highest BCUT2D eigenvalue weighted by molar-refractivity contribution is 6.04. The fourth-order valence-electron chi connectivity index (χ4n) is 3.43. The molecule has 0 saturated heterocycles. The molecule has 0 bridgehead atoms. The van der Waals surface area contributed by atoms with Gasteiger partial charge < -0.3 is 15.4 Å². The third-order valence-corrected chi connectivity index (χ3v) is 5.26. The lowest BCUT2D eigenvalue weighted by molar-refractivity contribution is -0.117. The third-order valence-electron chi connectivity index (χ3n) is 5.26. The van der Waals surface area contributed by atoms with Gasteiger partial charge in [0.05, 0.1) is 5.54 Å². The molecule has 2 amide bonds. The molecule has 2 fully saturated rings. The number of amides is 2. The number of rotatable bonds is 9. The van der Waals surface area contributed by atoms with Gasteiger partial charge in [-0.1, -0.05) is 18.9 Å². The Hall–Kier alpha value is -2.44. The van der Waals surface area contributed by atoms with Gasteiger partial charge in [-0.25, -0.2) is 4.39 Å². The second-order valence-electron chi connectivity index (χ2n) is 8.05. The van der Waals surface area contributed by atoms with Crippen LogP contribution in [0, 0.1) is 11.3 Å². The van der Waals surface area contributed by atoms with Gasteiger partial charge in [0, 0.05) is 12.5 Å². The molecule has 1 atom stereocenters. The molecule has 2 aliphatic rings. The standard InChI is InChI=1S/C21H28FN3O3/c1-13(26)24-20(23)21(2,12-14-3-4-14)25-19(27)16-7-8-17(15-5-6-15)18(11-16)28-10-9-22/h7-8,11,14-15H,3-6,9-10,12H2,1-2H3,(H,25,27)(H2,23,24,26)/t21-/m1/s1. The predicted molar refractivity (Wildman–Crippen MR) is 105 cm³/mol. The zero-order valence-corrected chi connectivity index (χ0v) is 16.4. The van der Waals surface area contributed by atoms with Crippen LogP contribution in [-0.2, 0) is 4.79 Å². The summed E-state index contributed by atoms with van der Waals surface area (Å²) in [5.74, 6) is 0.722. The first-order valence-corrected chi connectivity index (χ1v) is 9.84. The molecule has 152 valence electrons. The van der Waals surface area contributed by atoms with E-state index in [1.165, 1.54) is 6.92 Å². The van der Waals surface area contributed by atoms with Crippen molar-refractivity contribution >= 4 is 17.6 Å². The molecular formula is C21H28FN3O3. The van der Waals surface area contributed by atoms with Gasteiger partial charge in [-0.2, -0.15) is 0 Å². The number of carbonyl (C=O) groups excluding carboxylic acids is 2. The topological polar surface area (TPSA) is 91.3 Å². The summed E-state index contributed by atoms with van der Waals surface area (Å²) in [7, 11) is 0. The van der Waals surface area contributed by atoms with Crippen molar-refractivity contribution < 1.29 is 18.7 Å². The minimum Gasteiger partial charge on any atom is -0.491 e. The second-order valence-corrected chi connectivity index (χ2v) is 8.05. The molecule has 2 aliphatic carbocycles. The summed E-state index contributed by atoms with van der Waals surface area (Å²) < 4.78 is 18.1. The Bertz CT molecular complexity index is 774. The summed E-state index contributed by atoms with van der Waals surface area (Å²) >= 11 is 0. The van der Waals surface area contributed by atoms with Crippen molar-refractivity contribution in [3.63, 3.8) is 0 Å². The van der Waals surface area contributed by atoms with Crippen LogP contribution in [0.4, 0.5) is 4.39 Å². The van der Waals surface area contributed by atoms with Gasteiger partial charge in [0.15, 0.2) is 0 Å². The van der Waals surface area contributed by atoms with Crippen LogP contribution in [0.2, 0.25) is 0 Å². The van der Waals surface area contributed by atoms with Crippen LogP contribution in [-0.4, -0.2) is 36.5 Å². The number of alkyl halides is 1. The Morgan fingerprint density at radius 3 is 2.57 bits per heavy atom. The fourth-order valence-corrected chi connectivity index (χ4v) is 3.43. The van der Waals surface area contributed by atoms with Gasteiger partial charge in [-0.3, -0.25) is 15.0 Å². The van der Waals surface area contributed by atoms with E-state index < -0.39 is 12.2 Å². The summed E-state index contributed by atoms with van der Waals surface area (Å²) in [5, 5.41) is 13.7. The van der Waals surface area contributed by atoms with Gasteiger partial charge in [0.25, 0.3) is 5.91 Å². The smallest absolute Gasteiger partial charge is 0.252 e. The summed E-state index contributed by atoms with van der Waals surface area (Å²) in [4.78, 5) is 24.3. The molecule has 1 aromatic rings. The quantitative estimate of drug-likeness (QED) is 0.447. The first-order chi connectivity index (χ1) is 13.3. The number of halogens is 1. The van der Waals surface area contributed by atoms with Crippen molar-refractivity contribution in [3.05, 3.63) is 29.3 Å². The van der Waals surface area contributed by atoms with E-state index in [1.54, 1.807) is 19.1 Å². The second kappa shape index (κ2) is 8.29. The Kier molecular flexibility index (Phi) is 6.01. The number of benzene rings is 1. The van der Waals surface area contributed by atoms with Gasteiger partial charge >= 0.3 is 0 Å². The molecule has 0 aromatic heterocycles. The van der Waals surface area contributed by atoms with Crippen molar-refractivity contribution in [2.75, 3.05) is 13.3 Å². The molecule has 7 heteroatoms. The van der Waals surface area contributed by atoms with Gasteiger partial charge in [-0.05, 0) is 55.7 Å². The molecule has 0 unspecified atom stereocenters.